The molecule has 102 valence electrons. The van der Waals surface area contributed by atoms with Gasteiger partial charge in [0.25, 0.3) is 0 Å². The van der Waals surface area contributed by atoms with Crippen molar-refractivity contribution >= 4 is 11.8 Å². The van der Waals surface area contributed by atoms with Gasteiger partial charge in [-0.3, -0.25) is 9.59 Å². The highest BCUT2D eigenvalue weighted by Crippen LogP contribution is 2.15. The van der Waals surface area contributed by atoms with Gasteiger partial charge in [-0.15, -0.1) is 0 Å². The molecule has 2 aliphatic heterocycles. The second-order valence-corrected chi connectivity index (χ2v) is 5.06. The van der Waals surface area contributed by atoms with Gasteiger partial charge in [-0.05, 0) is 13.5 Å². The van der Waals surface area contributed by atoms with Gasteiger partial charge in [0.1, 0.15) is 0 Å². The molecule has 2 fully saturated rings. The molecule has 3 atom stereocenters. The highest BCUT2D eigenvalue weighted by Gasteiger charge is 2.34. The fourth-order valence-electron chi connectivity index (χ4n) is 2.54. The maximum absolute atomic E-state index is 12.1. The molecule has 0 aliphatic carbocycles. The Hall–Kier alpha value is -1.14. The first-order chi connectivity index (χ1) is 8.61. The summed E-state index contributed by atoms with van der Waals surface area (Å²) in [5.74, 6) is 0.0512. The van der Waals surface area contributed by atoms with Gasteiger partial charge in [0.2, 0.25) is 11.8 Å². The van der Waals surface area contributed by atoms with Crippen LogP contribution in [0, 0.1) is 5.92 Å². The van der Waals surface area contributed by atoms with Gasteiger partial charge < -0.3 is 20.3 Å². The van der Waals surface area contributed by atoms with Gasteiger partial charge in [0.05, 0.1) is 19.1 Å². The first-order valence-corrected chi connectivity index (χ1v) is 6.41. The van der Waals surface area contributed by atoms with Gasteiger partial charge in [-0.2, -0.15) is 0 Å². The SMILES string of the molecule is CNC1COCC1C(=O)NC1CCC(=O)N(C)C1. The van der Waals surface area contributed by atoms with Crippen LogP contribution < -0.4 is 10.6 Å². The molecule has 2 N–H and O–H groups in total. The summed E-state index contributed by atoms with van der Waals surface area (Å²) < 4.78 is 5.32. The van der Waals surface area contributed by atoms with Crippen LogP contribution in [0.15, 0.2) is 0 Å². The van der Waals surface area contributed by atoms with Crippen LogP contribution in [0.1, 0.15) is 12.8 Å². The fourth-order valence-corrected chi connectivity index (χ4v) is 2.54. The lowest BCUT2D eigenvalue weighted by atomic mass is 10.0. The predicted octanol–water partition coefficient (Wildman–Crippen LogP) is -1.04. The molecular weight excluding hydrogens is 234 g/mol. The van der Waals surface area contributed by atoms with E-state index in [1.54, 1.807) is 11.9 Å². The largest absolute Gasteiger partial charge is 0.379 e. The highest BCUT2D eigenvalue weighted by atomic mass is 16.5. The van der Waals surface area contributed by atoms with Crippen molar-refractivity contribution in [2.24, 2.45) is 5.92 Å². The minimum Gasteiger partial charge on any atom is -0.379 e. The Bertz CT molecular complexity index is 335. The Morgan fingerprint density at radius 2 is 2.22 bits per heavy atom. The molecule has 2 rings (SSSR count). The second kappa shape index (κ2) is 5.67. The standard InChI is InChI=1S/C12H21N3O3/c1-13-10-7-18-6-9(10)12(17)14-8-3-4-11(16)15(2)5-8/h8-10,13H,3-7H2,1-2H3,(H,14,17). The summed E-state index contributed by atoms with van der Waals surface area (Å²) in [7, 11) is 3.61. The zero-order valence-electron chi connectivity index (χ0n) is 10.9. The number of amides is 2. The quantitative estimate of drug-likeness (QED) is 0.675. The van der Waals surface area contributed by atoms with Gasteiger partial charge in [-0.25, -0.2) is 0 Å². The lowest BCUT2D eigenvalue weighted by Crippen LogP contribution is -2.52. The average Bonchev–Trinajstić information content (AvgIpc) is 2.82. The van der Waals surface area contributed by atoms with Gasteiger partial charge in [0.15, 0.2) is 0 Å². The first kappa shape index (κ1) is 13.3. The van der Waals surface area contributed by atoms with Crippen LogP contribution in [0.2, 0.25) is 0 Å². The minimum absolute atomic E-state index is 0.0274. The number of piperidine rings is 1. The Kier molecular flexibility index (Phi) is 4.19. The number of likely N-dealkylation sites (tertiary alicyclic amines) is 1. The van der Waals surface area contributed by atoms with Crippen molar-refractivity contribution in [3.8, 4) is 0 Å². The van der Waals surface area contributed by atoms with E-state index in [2.05, 4.69) is 10.6 Å². The number of carbonyl (C=O) groups excluding carboxylic acids is 2. The third-order valence-electron chi connectivity index (χ3n) is 3.76. The lowest BCUT2D eigenvalue weighted by molar-refractivity contribution is -0.134. The molecule has 0 radical (unpaired) electrons. The van der Waals surface area contributed by atoms with Gasteiger partial charge in [0, 0.05) is 32.1 Å². The van der Waals surface area contributed by atoms with Crippen molar-refractivity contribution in [1.82, 2.24) is 15.5 Å². The van der Waals surface area contributed by atoms with E-state index < -0.39 is 0 Å². The monoisotopic (exact) mass is 255 g/mol. The molecule has 3 unspecified atom stereocenters. The van der Waals surface area contributed by atoms with Crippen molar-refractivity contribution in [2.75, 3.05) is 33.9 Å². The molecule has 2 saturated heterocycles. The summed E-state index contributed by atoms with van der Waals surface area (Å²) in [4.78, 5) is 25.2. The zero-order valence-corrected chi connectivity index (χ0v) is 10.9. The molecule has 18 heavy (non-hydrogen) atoms. The van der Waals surface area contributed by atoms with Crippen LogP contribution in [-0.4, -0.2) is 62.7 Å². The normalized spacial score (nSPS) is 32.7. The molecule has 0 spiro atoms. The summed E-state index contributed by atoms with van der Waals surface area (Å²) in [6, 6.07) is 0.159. The van der Waals surface area contributed by atoms with E-state index in [1.807, 2.05) is 7.05 Å². The first-order valence-electron chi connectivity index (χ1n) is 6.41. The van der Waals surface area contributed by atoms with Crippen LogP contribution in [0.4, 0.5) is 0 Å². The average molecular weight is 255 g/mol. The molecule has 6 heteroatoms. The molecule has 0 bridgehead atoms. The number of nitrogens with zero attached hydrogens (tertiary/aromatic N) is 1. The van der Waals surface area contributed by atoms with Crippen LogP contribution in [0.3, 0.4) is 0 Å². The van der Waals surface area contributed by atoms with Crippen molar-refractivity contribution in [2.45, 2.75) is 24.9 Å². The maximum Gasteiger partial charge on any atom is 0.227 e. The summed E-state index contributed by atoms with van der Waals surface area (Å²) >= 11 is 0. The topological polar surface area (TPSA) is 70.7 Å². The van der Waals surface area contributed by atoms with E-state index in [-0.39, 0.29) is 29.8 Å². The number of carbonyl (C=O) groups is 2. The van der Waals surface area contributed by atoms with Crippen LogP contribution in [0.25, 0.3) is 0 Å². The summed E-state index contributed by atoms with van der Waals surface area (Å²) in [5, 5.41) is 6.12. The number of ether oxygens (including phenoxy) is 1. The molecular formula is C12H21N3O3. The van der Waals surface area contributed by atoms with E-state index in [4.69, 9.17) is 4.74 Å². The smallest absolute Gasteiger partial charge is 0.227 e. The minimum atomic E-state index is -0.127. The summed E-state index contributed by atoms with van der Waals surface area (Å²) in [6.07, 6.45) is 1.24. The van der Waals surface area contributed by atoms with E-state index in [1.165, 1.54) is 0 Å². The third-order valence-corrected chi connectivity index (χ3v) is 3.76. The van der Waals surface area contributed by atoms with E-state index in [9.17, 15) is 9.59 Å². The maximum atomic E-state index is 12.1. The number of rotatable bonds is 3. The van der Waals surface area contributed by atoms with Crippen molar-refractivity contribution in [3.05, 3.63) is 0 Å². The molecule has 0 aromatic carbocycles. The lowest BCUT2D eigenvalue weighted by Gasteiger charge is -2.31. The van der Waals surface area contributed by atoms with Crippen molar-refractivity contribution in [3.63, 3.8) is 0 Å². The summed E-state index contributed by atoms with van der Waals surface area (Å²) in [5.41, 5.74) is 0. The Labute approximate surface area is 107 Å². The zero-order chi connectivity index (χ0) is 13.1. The van der Waals surface area contributed by atoms with Gasteiger partial charge >= 0.3 is 0 Å². The van der Waals surface area contributed by atoms with Crippen molar-refractivity contribution in [1.29, 1.82) is 0 Å². The van der Waals surface area contributed by atoms with E-state index in [0.717, 1.165) is 6.42 Å². The highest BCUT2D eigenvalue weighted by molar-refractivity contribution is 5.81. The van der Waals surface area contributed by atoms with E-state index in [0.29, 0.717) is 26.2 Å². The Morgan fingerprint density at radius 3 is 2.89 bits per heavy atom. The molecule has 6 nitrogen and oxygen atoms in total. The molecule has 2 heterocycles. The van der Waals surface area contributed by atoms with Gasteiger partial charge in [-0.1, -0.05) is 0 Å². The number of likely N-dealkylation sites (N-methyl/N-ethyl adjacent to an activating group) is 2. The third kappa shape index (κ3) is 2.81. The Balaban J connectivity index is 1.86. The van der Waals surface area contributed by atoms with Crippen LogP contribution >= 0.6 is 0 Å². The molecule has 2 aliphatic rings. The number of hydrogen-bond donors (Lipinski definition) is 2. The van der Waals surface area contributed by atoms with Crippen molar-refractivity contribution < 1.29 is 14.3 Å². The fraction of sp³-hybridized carbons (Fsp3) is 0.833. The van der Waals surface area contributed by atoms with Crippen LogP contribution in [-0.2, 0) is 14.3 Å². The number of hydrogen-bond acceptors (Lipinski definition) is 4. The second-order valence-electron chi connectivity index (χ2n) is 5.06. The molecule has 0 aromatic rings. The predicted molar refractivity (Wildman–Crippen MR) is 66.0 cm³/mol. The molecule has 0 saturated carbocycles. The molecule has 0 aromatic heterocycles. The molecule has 2 amide bonds. The number of nitrogens with one attached hydrogen (secondary N) is 2. The van der Waals surface area contributed by atoms with E-state index >= 15 is 0 Å². The van der Waals surface area contributed by atoms with Crippen LogP contribution in [0.5, 0.6) is 0 Å². The Morgan fingerprint density at radius 1 is 1.44 bits per heavy atom. The summed E-state index contributed by atoms with van der Waals surface area (Å²) in [6.45, 7) is 1.65.